The summed E-state index contributed by atoms with van der Waals surface area (Å²) in [6, 6.07) is 23.8. The molecular formula is C36H37N5O7S2. The van der Waals surface area contributed by atoms with Crippen LogP contribution in [0.4, 0.5) is 0 Å². The second kappa shape index (κ2) is 14.0. The highest BCUT2D eigenvalue weighted by atomic mass is 32.2. The van der Waals surface area contributed by atoms with Gasteiger partial charge in [-0.25, -0.2) is 25.5 Å². The molecule has 0 unspecified atom stereocenters. The van der Waals surface area contributed by atoms with Gasteiger partial charge in [0.2, 0.25) is 15.8 Å². The molecule has 2 aromatic heterocycles. The number of sulfonamides is 1. The van der Waals surface area contributed by atoms with E-state index in [9.17, 15) is 16.8 Å². The van der Waals surface area contributed by atoms with Gasteiger partial charge in [-0.05, 0) is 61.9 Å². The lowest BCUT2D eigenvalue weighted by Gasteiger charge is -2.21. The number of hydrogen-bond donors (Lipinski definition) is 0. The highest BCUT2D eigenvalue weighted by molar-refractivity contribution is 7.90. The molecule has 260 valence electrons. The van der Waals surface area contributed by atoms with Crippen molar-refractivity contribution in [2.24, 2.45) is 0 Å². The quantitative estimate of drug-likeness (QED) is 0.151. The Balaban J connectivity index is 1.38. The summed E-state index contributed by atoms with van der Waals surface area (Å²) in [6.07, 6.45) is 3.16. The molecule has 2 heterocycles. The van der Waals surface area contributed by atoms with Crippen molar-refractivity contribution in [1.82, 2.24) is 23.3 Å². The van der Waals surface area contributed by atoms with Gasteiger partial charge in [0.1, 0.15) is 0 Å². The van der Waals surface area contributed by atoms with Crippen LogP contribution < -0.4 is 14.2 Å². The van der Waals surface area contributed by atoms with Gasteiger partial charge in [0.25, 0.3) is 10.0 Å². The normalized spacial score (nSPS) is 12.0. The van der Waals surface area contributed by atoms with E-state index in [0.717, 1.165) is 16.7 Å². The summed E-state index contributed by atoms with van der Waals surface area (Å²) < 4.78 is 76.8. The molecule has 0 aliphatic rings. The van der Waals surface area contributed by atoms with E-state index in [1.54, 1.807) is 89.7 Å². The Morgan fingerprint density at radius 3 is 1.96 bits per heavy atom. The summed E-state index contributed by atoms with van der Waals surface area (Å²) in [7, 11) is -3.49. The third-order valence-electron chi connectivity index (χ3n) is 8.39. The minimum Gasteiger partial charge on any atom is -0.493 e. The molecule has 0 amide bonds. The van der Waals surface area contributed by atoms with Gasteiger partial charge in [-0.1, -0.05) is 58.8 Å². The molecule has 6 rings (SSSR count). The lowest BCUT2D eigenvalue weighted by atomic mass is 10.1. The molecule has 0 saturated heterocycles. The Kier molecular flexibility index (Phi) is 9.69. The van der Waals surface area contributed by atoms with E-state index >= 15 is 0 Å². The first kappa shape index (κ1) is 34.7. The molecule has 0 aliphatic carbocycles. The zero-order chi connectivity index (χ0) is 35.6. The summed E-state index contributed by atoms with van der Waals surface area (Å²) in [4.78, 5) is 0.226. The smallest absolute Gasteiger partial charge is 0.268 e. The van der Waals surface area contributed by atoms with Gasteiger partial charge in [0.05, 0.1) is 61.6 Å². The monoisotopic (exact) mass is 715 g/mol. The van der Waals surface area contributed by atoms with E-state index < -0.39 is 20.0 Å². The largest absolute Gasteiger partial charge is 0.493 e. The minimum atomic E-state index is -4.10. The summed E-state index contributed by atoms with van der Waals surface area (Å²) in [5.74, 6) is 1.42. The molecule has 12 nitrogen and oxygen atoms in total. The summed E-state index contributed by atoms with van der Waals surface area (Å²) in [5, 5.41) is 9.19. The third kappa shape index (κ3) is 6.69. The van der Waals surface area contributed by atoms with Crippen molar-refractivity contribution in [3.05, 3.63) is 125 Å². The van der Waals surface area contributed by atoms with Gasteiger partial charge >= 0.3 is 0 Å². The fourth-order valence-electron chi connectivity index (χ4n) is 5.77. The zero-order valence-corrected chi connectivity index (χ0v) is 29.9. The lowest BCUT2D eigenvalue weighted by Crippen LogP contribution is -2.30. The highest BCUT2D eigenvalue weighted by Gasteiger charge is 2.29. The van der Waals surface area contributed by atoms with Crippen molar-refractivity contribution < 1.29 is 31.0 Å². The van der Waals surface area contributed by atoms with Crippen LogP contribution in [0, 0.1) is 13.8 Å². The summed E-state index contributed by atoms with van der Waals surface area (Å²) in [5.41, 5.74) is 3.91. The number of rotatable bonds is 13. The van der Waals surface area contributed by atoms with Gasteiger partial charge in [0, 0.05) is 23.7 Å². The van der Waals surface area contributed by atoms with Crippen LogP contribution in [0.15, 0.2) is 107 Å². The van der Waals surface area contributed by atoms with E-state index in [0.29, 0.717) is 39.4 Å². The maximum atomic E-state index is 14.3. The third-order valence-corrected chi connectivity index (χ3v) is 11.9. The molecule has 0 atom stereocenters. The summed E-state index contributed by atoms with van der Waals surface area (Å²) in [6.45, 7) is 3.75. The van der Waals surface area contributed by atoms with Gasteiger partial charge in [-0.3, -0.25) is 0 Å². The minimum absolute atomic E-state index is 0.0987. The second-order valence-electron chi connectivity index (χ2n) is 11.8. The molecule has 0 saturated carbocycles. The molecule has 0 bridgehead atoms. The molecule has 4 aromatic carbocycles. The van der Waals surface area contributed by atoms with E-state index in [1.807, 2.05) is 19.9 Å². The van der Waals surface area contributed by atoms with E-state index in [4.69, 9.17) is 14.2 Å². The molecule has 6 aromatic rings. The number of hydrogen-bond acceptors (Lipinski definition) is 9. The first-order valence-electron chi connectivity index (χ1n) is 15.6. The standard InChI is InChI=1S/C36H37N5O7S2/c1-25-10-15-30(16-11-25)49(42,43)40(24-29-23-39(38-37-29)20-27-14-19-34(46-3)36(48-5)35(27)47-4)21-28-22-41(33-9-7-6-8-32(28)33)50(44,45)31-17-12-26(2)13-18-31/h6-19,22-23H,20-21,24H2,1-5H3. The Hall–Kier alpha value is -5.18. The van der Waals surface area contributed by atoms with Gasteiger partial charge in [0.15, 0.2) is 11.5 Å². The molecule has 0 spiro atoms. The fourth-order valence-corrected chi connectivity index (χ4v) is 8.55. The molecule has 0 aliphatic heterocycles. The number of aromatic nitrogens is 4. The molecule has 0 N–H and O–H groups in total. The van der Waals surface area contributed by atoms with Gasteiger partial charge < -0.3 is 14.2 Å². The number of aryl methyl sites for hydroxylation is 2. The van der Waals surface area contributed by atoms with Crippen LogP contribution in [-0.2, 0) is 39.7 Å². The molecule has 0 radical (unpaired) electrons. The maximum absolute atomic E-state index is 14.3. The summed E-state index contributed by atoms with van der Waals surface area (Å²) >= 11 is 0. The Morgan fingerprint density at radius 2 is 1.32 bits per heavy atom. The molecule has 14 heteroatoms. The number of methoxy groups -OCH3 is 3. The first-order chi connectivity index (χ1) is 24.0. The van der Waals surface area contributed by atoms with E-state index in [-0.39, 0.29) is 29.4 Å². The SMILES string of the molecule is COc1ccc(Cn2cc(CN(Cc3cn(S(=O)(=O)c4ccc(C)cc4)c4ccccc34)S(=O)(=O)c3ccc(C)cc3)nn2)c(OC)c1OC. The van der Waals surface area contributed by atoms with Crippen molar-refractivity contribution in [3.63, 3.8) is 0 Å². The van der Waals surface area contributed by atoms with Crippen LogP contribution in [0.2, 0.25) is 0 Å². The lowest BCUT2D eigenvalue weighted by molar-refractivity contribution is 0.321. The van der Waals surface area contributed by atoms with Crippen molar-refractivity contribution >= 4 is 30.9 Å². The second-order valence-corrected chi connectivity index (χ2v) is 15.5. The van der Waals surface area contributed by atoms with Crippen molar-refractivity contribution in [1.29, 1.82) is 0 Å². The topological polar surface area (TPSA) is 135 Å². The fraction of sp³-hybridized carbons (Fsp3) is 0.222. The number of benzene rings is 4. The predicted molar refractivity (Wildman–Crippen MR) is 189 cm³/mol. The van der Waals surface area contributed by atoms with E-state index in [1.165, 1.54) is 35.8 Å². The molecule has 50 heavy (non-hydrogen) atoms. The predicted octanol–water partition coefficient (Wildman–Crippen LogP) is 5.55. The van der Waals surface area contributed by atoms with Crippen LogP contribution in [0.25, 0.3) is 10.9 Å². The molecular weight excluding hydrogens is 679 g/mol. The Bertz CT molecular complexity index is 2370. The number of ether oxygens (including phenoxy) is 3. The number of para-hydroxylation sites is 1. The Morgan fingerprint density at radius 1 is 0.680 bits per heavy atom. The van der Waals surface area contributed by atoms with E-state index in [2.05, 4.69) is 10.3 Å². The number of fused-ring (bicyclic) bond motifs is 1. The van der Waals surface area contributed by atoms with Crippen LogP contribution in [0.5, 0.6) is 17.2 Å². The first-order valence-corrected chi connectivity index (χ1v) is 18.5. The molecule has 0 fully saturated rings. The van der Waals surface area contributed by atoms with Crippen LogP contribution in [0.1, 0.15) is 27.9 Å². The van der Waals surface area contributed by atoms with Crippen molar-refractivity contribution in [2.75, 3.05) is 21.3 Å². The van der Waals surface area contributed by atoms with Crippen LogP contribution in [-0.4, -0.2) is 61.4 Å². The van der Waals surface area contributed by atoms with Crippen molar-refractivity contribution in [2.45, 2.75) is 43.3 Å². The number of nitrogens with zero attached hydrogens (tertiary/aromatic N) is 5. The average Bonchev–Trinajstić information content (AvgIpc) is 3.72. The van der Waals surface area contributed by atoms with Crippen LogP contribution >= 0.6 is 0 Å². The highest BCUT2D eigenvalue weighted by Crippen LogP contribution is 2.40. The van der Waals surface area contributed by atoms with Gasteiger partial charge in [-0.15, -0.1) is 5.10 Å². The van der Waals surface area contributed by atoms with Crippen molar-refractivity contribution in [3.8, 4) is 17.2 Å². The van der Waals surface area contributed by atoms with Crippen LogP contribution in [0.3, 0.4) is 0 Å². The maximum Gasteiger partial charge on any atom is 0.268 e. The van der Waals surface area contributed by atoms with Gasteiger partial charge in [-0.2, -0.15) is 4.31 Å². The average molecular weight is 716 g/mol. The zero-order valence-electron chi connectivity index (χ0n) is 28.3. The Labute approximate surface area is 291 Å².